The van der Waals surface area contributed by atoms with E-state index in [1.165, 1.54) is 13.8 Å². The summed E-state index contributed by atoms with van der Waals surface area (Å²) in [5.74, 6) is 0. The van der Waals surface area contributed by atoms with Crippen molar-refractivity contribution in [2.75, 3.05) is 0 Å². The normalized spacial score (nSPS) is 12.5. The van der Waals surface area contributed by atoms with Gasteiger partial charge in [0.1, 0.15) is 6.10 Å². The van der Waals surface area contributed by atoms with E-state index in [0.717, 1.165) is 0 Å². The minimum Gasteiger partial charge on any atom is -0.264 e. The molecule has 0 rings (SSSR count). The lowest BCUT2D eigenvalue weighted by Crippen LogP contribution is -2.04. The van der Waals surface area contributed by atoms with Crippen molar-refractivity contribution in [2.45, 2.75) is 13.8 Å². The van der Waals surface area contributed by atoms with Crippen molar-refractivity contribution in [3.8, 4) is 0 Å². The van der Waals surface area contributed by atoms with Crippen LogP contribution in [0.3, 0.4) is 0 Å². The first-order valence-electron chi connectivity index (χ1n) is 1.89. The molecular weight excluding hydrogens is 132 g/mol. The van der Waals surface area contributed by atoms with E-state index in [1.807, 2.05) is 0 Å². The zero-order valence-corrected chi connectivity index (χ0v) is 5.40. The van der Waals surface area contributed by atoms with E-state index < -0.39 is 10.4 Å². The quantitative estimate of drug-likeness (QED) is 0.561. The van der Waals surface area contributed by atoms with Gasteiger partial charge in [-0.2, -0.15) is 8.42 Å². The summed E-state index contributed by atoms with van der Waals surface area (Å²) in [6, 6.07) is 0. The molecule has 5 heteroatoms. The first-order chi connectivity index (χ1) is 3.42. The molecule has 0 aromatic carbocycles. The van der Waals surface area contributed by atoms with Crippen molar-refractivity contribution in [1.29, 1.82) is 0 Å². The second-order valence-corrected chi connectivity index (χ2v) is 2.44. The van der Waals surface area contributed by atoms with Gasteiger partial charge in [0.25, 0.3) is 0 Å². The van der Waals surface area contributed by atoms with Crippen LogP contribution in [-0.4, -0.2) is 13.0 Å². The molecule has 0 fully saturated rings. The Morgan fingerprint density at radius 3 is 1.88 bits per heavy atom. The first-order valence-corrected chi connectivity index (χ1v) is 3.25. The smallest absolute Gasteiger partial charge is 0.264 e. The summed E-state index contributed by atoms with van der Waals surface area (Å²) in [4.78, 5) is 0. The van der Waals surface area contributed by atoms with Crippen molar-refractivity contribution in [3.05, 3.63) is 6.10 Å². The van der Waals surface area contributed by atoms with E-state index in [9.17, 15) is 8.42 Å². The first kappa shape index (κ1) is 7.87. The Labute approximate surface area is 48.4 Å². The molecule has 0 amide bonds. The van der Waals surface area contributed by atoms with Crippen LogP contribution < -0.4 is 0 Å². The molecule has 0 aliphatic rings. The van der Waals surface area contributed by atoms with E-state index in [2.05, 4.69) is 4.18 Å². The van der Waals surface area contributed by atoms with Gasteiger partial charge >= 0.3 is 10.4 Å². The highest BCUT2D eigenvalue weighted by atomic mass is 32.3. The van der Waals surface area contributed by atoms with Crippen LogP contribution in [0.15, 0.2) is 0 Å². The van der Waals surface area contributed by atoms with Gasteiger partial charge in [-0.3, -0.25) is 4.55 Å². The molecule has 0 aliphatic heterocycles. The fourth-order valence-corrected chi connectivity index (χ4v) is 0.632. The van der Waals surface area contributed by atoms with E-state index in [0.29, 0.717) is 0 Å². The standard InChI is InChI=1S/C3H7O4S/c1-3(2)7-8(4,5)6/h1-2H3,(H,4,5,6). The van der Waals surface area contributed by atoms with Gasteiger partial charge in [0.15, 0.2) is 0 Å². The maximum atomic E-state index is 9.75. The molecule has 49 valence electrons. The highest BCUT2D eigenvalue weighted by molar-refractivity contribution is 7.81. The minimum absolute atomic E-state index is 0.188. The van der Waals surface area contributed by atoms with Crippen LogP contribution >= 0.6 is 0 Å². The van der Waals surface area contributed by atoms with Crippen molar-refractivity contribution >= 4 is 10.4 Å². The molecule has 0 atom stereocenters. The zero-order valence-electron chi connectivity index (χ0n) is 4.58. The van der Waals surface area contributed by atoms with Crippen LogP contribution in [0.2, 0.25) is 0 Å². The molecule has 0 unspecified atom stereocenters. The molecule has 0 aromatic heterocycles. The molecule has 8 heavy (non-hydrogen) atoms. The third kappa shape index (κ3) is 5.87. The van der Waals surface area contributed by atoms with Crippen LogP contribution in [0.4, 0.5) is 0 Å². The summed E-state index contributed by atoms with van der Waals surface area (Å²) in [6.07, 6.45) is 0.188. The van der Waals surface area contributed by atoms with Gasteiger partial charge in [-0.05, 0) is 13.8 Å². The largest absolute Gasteiger partial charge is 0.397 e. The van der Waals surface area contributed by atoms with Gasteiger partial charge in [-0.25, -0.2) is 4.18 Å². The van der Waals surface area contributed by atoms with E-state index in [-0.39, 0.29) is 6.10 Å². The molecule has 1 radical (unpaired) electrons. The van der Waals surface area contributed by atoms with Gasteiger partial charge in [-0.1, -0.05) is 0 Å². The highest BCUT2D eigenvalue weighted by Crippen LogP contribution is 2.00. The lowest BCUT2D eigenvalue weighted by Gasteiger charge is -1.98. The molecule has 0 heterocycles. The molecule has 0 spiro atoms. The molecule has 4 nitrogen and oxygen atoms in total. The third-order valence-corrected chi connectivity index (χ3v) is 0.816. The van der Waals surface area contributed by atoms with Gasteiger partial charge in [0.05, 0.1) is 0 Å². The van der Waals surface area contributed by atoms with Gasteiger partial charge in [0.2, 0.25) is 0 Å². The summed E-state index contributed by atoms with van der Waals surface area (Å²) in [6.45, 7) is 2.85. The summed E-state index contributed by atoms with van der Waals surface area (Å²) in [7, 11) is -4.26. The molecule has 0 bridgehead atoms. The lowest BCUT2D eigenvalue weighted by molar-refractivity contribution is 0.288. The average Bonchev–Trinajstić information content (AvgIpc) is 1.21. The van der Waals surface area contributed by atoms with Crippen molar-refractivity contribution in [1.82, 2.24) is 0 Å². The number of rotatable bonds is 2. The van der Waals surface area contributed by atoms with Crippen molar-refractivity contribution in [3.63, 3.8) is 0 Å². The van der Waals surface area contributed by atoms with Crippen molar-refractivity contribution in [2.24, 2.45) is 0 Å². The predicted octanol–water partition coefficient (Wildman–Crippen LogP) is 0.378. The zero-order chi connectivity index (χ0) is 6.78. The summed E-state index contributed by atoms with van der Waals surface area (Å²) < 4.78 is 31.3. The molecule has 0 saturated carbocycles. The second kappa shape index (κ2) is 2.43. The van der Waals surface area contributed by atoms with Crippen molar-refractivity contribution < 1.29 is 17.2 Å². The Morgan fingerprint density at radius 2 is 1.88 bits per heavy atom. The molecule has 0 aliphatic carbocycles. The SMILES string of the molecule is C[C](C)OS(=O)(=O)O. The predicted molar refractivity (Wildman–Crippen MR) is 27.2 cm³/mol. The van der Waals surface area contributed by atoms with Crippen LogP contribution in [0.25, 0.3) is 0 Å². The lowest BCUT2D eigenvalue weighted by atomic mass is 10.5. The monoisotopic (exact) mass is 139 g/mol. The maximum Gasteiger partial charge on any atom is 0.397 e. The van der Waals surface area contributed by atoms with E-state index in [1.54, 1.807) is 0 Å². The highest BCUT2D eigenvalue weighted by Gasteiger charge is 2.06. The second-order valence-electron chi connectivity index (χ2n) is 1.42. The fraction of sp³-hybridized carbons (Fsp3) is 0.667. The maximum absolute atomic E-state index is 9.75. The van der Waals surface area contributed by atoms with E-state index in [4.69, 9.17) is 4.55 Å². The Bertz CT molecular complexity index is 145. The molecule has 0 aromatic rings. The summed E-state index contributed by atoms with van der Waals surface area (Å²) in [5, 5.41) is 0. The number of hydrogen-bond donors (Lipinski definition) is 1. The molecular formula is C3H7O4S. The summed E-state index contributed by atoms with van der Waals surface area (Å²) >= 11 is 0. The Hall–Kier alpha value is -0.130. The van der Waals surface area contributed by atoms with Gasteiger partial charge in [-0.15, -0.1) is 0 Å². The third-order valence-electron chi connectivity index (χ3n) is 0.272. The summed E-state index contributed by atoms with van der Waals surface area (Å²) in [5.41, 5.74) is 0. The van der Waals surface area contributed by atoms with E-state index >= 15 is 0 Å². The minimum atomic E-state index is -4.26. The van der Waals surface area contributed by atoms with Crippen LogP contribution in [-0.2, 0) is 14.6 Å². The van der Waals surface area contributed by atoms with Gasteiger partial charge < -0.3 is 0 Å². The fourth-order valence-electron chi connectivity index (χ4n) is 0.211. The average molecular weight is 139 g/mol. The Balaban J connectivity index is 3.75. The number of hydrogen-bond acceptors (Lipinski definition) is 3. The van der Waals surface area contributed by atoms with Crippen LogP contribution in [0, 0.1) is 6.10 Å². The topological polar surface area (TPSA) is 63.6 Å². The Morgan fingerprint density at radius 1 is 1.50 bits per heavy atom. The Kier molecular flexibility index (Phi) is 2.39. The van der Waals surface area contributed by atoms with Crippen LogP contribution in [0.5, 0.6) is 0 Å². The molecule has 1 N–H and O–H groups in total. The van der Waals surface area contributed by atoms with Gasteiger partial charge in [0, 0.05) is 0 Å². The van der Waals surface area contributed by atoms with Crippen LogP contribution in [0.1, 0.15) is 13.8 Å². The molecule has 0 saturated heterocycles.